The van der Waals surface area contributed by atoms with Gasteiger partial charge in [0, 0.05) is 30.8 Å². The number of carbonyl (C=O) groups excluding carboxylic acids is 1. The van der Waals surface area contributed by atoms with Crippen LogP contribution in [0.3, 0.4) is 0 Å². The molecule has 3 heterocycles. The Morgan fingerprint density at radius 3 is 2.75 bits per heavy atom. The van der Waals surface area contributed by atoms with Gasteiger partial charge < -0.3 is 15.4 Å². The predicted molar refractivity (Wildman–Crippen MR) is 150 cm³/mol. The van der Waals surface area contributed by atoms with Crippen molar-refractivity contribution in [1.82, 2.24) is 24.6 Å². The third-order valence-corrected chi connectivity index (χ3v) is 6.90. The molecule has 204 valence electrons. The lowest BCUT2D eigenvalue weighted by Gasteiger charge is -2.24. The van der Waals surface area contributed by atoms with Crippen LogP contribution in [0, 0.1) is 23.1 Å². The summed E-state index contributed by atoms with van der Waals surface area (Å²) in [6.45, 7) is 4.90. The van der Waals surface area contributed by atoms with Gasteiger partial charge in [-0.2, -0.15) is 10.4 Å². The van der Waals surface area contributed by atoms with Crippen molar-refractivity contribution in [1.29, 1.82) is 5.26 Å². The third kappa shape index (κ3) is 5.50. The first-order valence-electron chi connectivity index (χ1n) is 13.3. The molecule has 0 saturated carbocycles. The van der Waals surface area contributed by atoms with E-state index in [9.17, 15) is 10.1 Å². The summed E-state index contributed by atoms with van der Waals surface area (Å²) in [6, 6.07) is 15.7. The van der Waals surface area contributed by atoms with Gasteiger partial charge in [-0.1, -0.05) is 38.1 Å². The number of hydrogen-bond donors (Lipinski definition) is 1. The maximum atomic E-state index is 15.4. The van der Waals surface area contributed by atoms with E-state index in [0.717, 1.165) is 12.8 Å². The molecular weight excluding hydrogens is 509 g/mol. The molecule has 1 fully saturated rings. The molecule has 10 heteroatoms. The van der Waals surface area contributed by atoms with Gasteiger partial charge in [0.15, 0.2) is 5.65 Å². The van der Waals surface area contributed by atoms with E-state index in [4.69, 9.17) is 15.6 Å². The number of likely N-dealkylation sites (tertiary alicyclic amines) is 1. The number of nitrogens with two attached hydrogens (primary N) is 1. The Bertz CT molecular complexity index is 1610. The predicted octanol–water partition coefficient (Wildman–Crippen LogP) is 5.49. The zero-order valence-corrected chi connectivity index (χ0v) is 22.4. The summed E-state index contributed by atoms with van der Waals surface area (Å²) >= 11 is 0. The average molecular weight is 540 g/mol. The number of benzene rings is 2. The standard InChI is InChI=1S/C30H30FN7O2/c1-19(2)15-20(17-32)30(39)37-13-6-7-21(37)12-14-38-29-26(28(33)34-18-35-29)27(36-38)24-11-10-23(16-25(24)31)40-22-8-4-3-5-9-22/h3-5,8-11,15-16,18-19,21H,6-7,12-14H2,1-2H3,(H2,33,34,35)/t21-/m1/s1. The smallest absolute Gasteiger partial charge is 0.264 e. The average Bonchev–Trinajstić information content (AvgIpc) is 3.56. The molecule has 2 aromatic heterocycles. The summed E-state index contributed by atoms with van der Waals surface area (Å²) < 4.78 is 22.8. The SMILES string of the molecule is CC(C)C=C(C#N)C(=O)N1CCC[C@@H]1CCn1nc(-c2ccc(Oc3ccccc3)cc2F)c2c(N)ncnc21. The number of fused-ring (bicyclic) bond motifs is 1. The fourth-order valence-corrected chi connectivity index (χ4v) is 5.07. The van der Waals surface area contributed by atoms with Crippen LogP contribution in [-0.4, -0.2) is 43.1 Å². The molecule has 0 spiro atoms. The monoisotopic (exact) mass is 539 g/mol. The van der Waals surface area contributed by atoms with Crippen LogP contribution in [0.25, 0.3) is 22.3 Å². The highest BCUT2D eigenvalue weighted by atomic mass is 19.1. The molecule has 2 aromatic carbocycles. The van der Waals surface area contributed by atoms with Gasteiger partial charge in [-0.05, 0) is 49.4 Å². The van der Waals surface area contributed by atoms with Gasteiger partial charge in [0.2, 0.25) is 0 Å². The quantitative estimate of drug-likeness (QED) is 0.232. The minimum atomic E-state index is -0.517. The number of carbonyl (C=O) groups is 1. The van der Waals surface area contributed by atoms with Crippen LogP contribution >= 0.6 is 0 Å². The molecule has 0 radical (unpaired) electrons. The highest BCUT2D eigenvalue weighted by molar-refractivity contribution is 5.98. The number of nitriles is 1. The largest absolute Gasteiger partial charge is 0.457 e. The topological polar surface area (TPSA) is 123 Å². The molecule has 1 saturated heterocycles. The molecular formula is C30H30FN7O2. The van der Waals surface area contributed by atoms with Crippen molar-refractivity contribution in [2.75, 3.05) is 12.3 Å². The number of amides is 1. The fourth-order valence-electron chi connectivity index (χ4n) is 5.07. The number of aromatic nitrogens is 4. The maximum Gasteiger partial charge on any atom is 0.264 e. The lowest BCUT2D eigenvalue weighted by atomic mass is 10.1. The molecule has 5 rings (SSSR count). The summed E-state index contributed by atoms with van der Waals surface area (Å²) in [7, 11) is 0. The summed E-state index contributed by atoms with van der Waals surface area (Å²) in [4.78, 5) is 23.4. The Hall–Kier alpha value is -4.78. The van der Waals surface area contributed by atoms with Gasteiger partial charge in [0.1, 0.15) is 46.8 Å². The molecule has 1 aliphatic heterocycles. The van der Waals surface area contributed by atoms with Crippen LogP contribution in [0.15, 0.2) is 66.5 Å². The number of aryl methyl sites for hydroxylation is 1. The van der Waals surface area contributed by atoms with E-state index in [1.54, 1.807) is 39.9 Å². The van der Waals surface area contributed by atoms with Crippen LogP contribution in [0.1, 0.15) is 33.1 Å². The van der Waals surface area contributed by atoms with Crippen LogP contribution in [0.5, 0.6) is 11.5 Å². The number of nitrogens with zero attached hydrogens (tertiary/aromatic N) is 6. The lowest BCUT2D eigenvalue weighted by molar-refractivity contribution is -0.127. The van der Waals surface area contributed by atoms with Gasteiger partial charge in [0.05, 0.1) is 5.39 Å². The summed E-state index contributed by atoms with van der Waals surface area (Å²) in [5, 5.41) is 14.7. The second-order valence-corrected chi connectivity index (χ2v) is 10.1. The van der Waals surface area contributed by atoms with Crippen molar-refractivity contribution in [2.24, 2.45) is 5.92 Å². The summed E-state index contributed by atoms with van der Waals surface area (Å²) in [6.07, 6.45) is 5.34. The van der Waals surface area contributed by atoms with Crippen molar-refractivity contribution in [3.05, 3.63) is 72.3 Å². The van der Waals surface area contributed by atoms with Crippen molar-refractivity contribution in [2.45, 2.75) is 45.7 Å². The number of rotatable bonds is 8. The van der Waals surface area contributed by atoms with E-state index >= 15 is 4.39 Å². The maximum absolute atomic E-state index is 15.4. The lowest BCUT2D eigenvalue weighted by Crippen LogP contribution is -2.37. The minimum Gasteiger partial charge on any atom is -0.457 e. The second-order valence-electron chi connectivity index (χ2n) is 10.1. The van der Waals surface area contributed by atoms with Gasteiger partial charge in [-0.3, -0.25) is 4.79 Å². The number of anilines is 1. The first-order chi connectivity index (χ1) is 19.4. The fraction of sp³-hybridized carbons (Fsp3) is 0.300. The van der Waals surface area contributed by atoms with E-state index in [0.29, 0.717) is 47.7 Å². The summed E-state index contributed by atoms with van der Waals surface area (Å²) in [5.74, 6) is 0.495. The second kappa shape index (κ2) is 11.5. The van der Waals surface area contributed by atoms with Crippen molar-refractivity contribution in [3.63, 3.8) is 0 Å². The zero-order valence-electron chi connectivity index (χ0n) is 22.4. The first kappa shape index (κ1) is 26.8. The molecule has 0 bridgehead atoms. The number of nitrogen functional groups attached to an aromatic ring is 1. The summed E-state index contributed by atoms with van der Waals surface area (Å²) in [5.41, 5.74) is 7.46. The van der Waals surface area contributed by atoms with E-state index in [2.05, 4.69) is 16.0 Å². The molecule has 40 heavy (non-hydrogen) atoms. The van der Waals surface area contributed by atoms with Crippen molar-refractivity contribution < 1.29 is 13.9 Å². The number of allylic oxidation sites excluding steroid dienone is 1. The van der Waals surface area contributed by atoms with E-state index in [1.165, 1.54) is 12.4 Å². The Morgan fingerprint density at radius 1 is 1.23 bits per heavy atom. The van der Waals surface area contributed by atoms with Gasteiger partial charge in [0.25, 0.3) is 5.91 Å². The van der Waals surface area contributed by atoms with E-state index < -0.39 is 5.82 Å². The van der Waals surface area contributed by atoms with Crippen LogP contribution < -0.4 is 10.5 Å². The number of para-hydroxylation sites is 1. The van der Waals surface area contributed by atoms with Crippen LogP contribution in [0.4, 0.5) is 10.2 Å². The highest BCUT2D eigenvalue weighted by Crippen LogP contribution is 2.34. The number of hydrogen-bond acceptors (Lipinski definition) is 7. The minimum absolute atomic E-state index is 0.0514. The molecule has 9 nitrogen and oxygen atoms in total. The van der Waals surface area contributed by atoms with Crippen LogP contribution in [-0.2, 0) is 11.3 Å². The normalized spacial score (nSPS) is 15.5. The Morgan fingerprint density at radius 2 is 2.02 bits per heavy atom. The number of halogens is 1. The molecule has 0 unspecified atom stereocenters. The molecule has 1 amide bonds. The van der Waals surface area contributed by atoms with Gasteiger partial charge in [-0.15, -0.1) is 0 Å². The zero-order chi connectivity index (χ0) is 28.2. The van der Waals surface area contributed by atoms with Gasteiger partial charge >= 0.3 is 0 Å². The Balaban J connectivity index is 1.41. The molecule has 4 aromatic rings. The Labute approximate surface area is 231 Å². The molecule has 0 aliphatic carbocycles. The van der Waals surface area contributed by atoms with E-state index in [1.807, 2.05) is 32.0 Å². The first-order valence-corrected chi connectivity index (χ1v) is 13.3. The van der Waals surface area contributed by atoms with Gasteiger partial charge in [-0.25, -0.2) is 19.0 Å². The third-order valence-electron chi connectivity index (χ3n) is 6.90. The van der Waals surface area contributed by atoms with Crippen molar-refractivity contribution >= 4 is 22.8 Å². The highest BCUT2D eigenvalue weighted by Gasteiger charge is 2.31. The molecule has 1 aliphatic rings. The molecule has 1 atom stereocenters. The van der Waals surface area contributed by atoms with E-state index in [-0.39, 0.29) is 34.8 Å². The molecule has 2 N–H and O–H groups in total. The van der Waals surface area contributed by atoms with Crippen molar-refractivity contribution in [3.8, 4) is 28.8 Å². The number of ether oxygens (including phenoxy) is 1. The van der Waals surface area contributed by atoms with Crippen LogP contribution in [0.2, 0.25) is 0 Å². The Kier molecular flexibility index (Phi) is 7.73.